The predicted octanol–water partition coefficient (Wildman–Crippen LogP) is 1.74. The molecule has 2 fully saturated rings. The van der Waals surface area contributed by atoms with E-state index in [0.717, 1.165) is 12.0 Å². The SMILES string of the molecule is CCN1CCC(C(C)N2CCN(CC)CC2)CC1. The summed E-state index contributed by atoms with van der Waals surface area (Å²) in [6, 6.07) is 0.794. The second kappa shape index (κ2) is 6.88. The summed E-state index contributed by atoms with van der Waals surface area (Å²) in [5.74, 6) is 0.931. The molecule has 1 atom stereocenters. The van der Waals surface area contributed by atoms with E-state index in [-0.39, 0.29) is 0 Å². The molecule has 0 saturated carbocycles. The van der Waals surface area contributed by atoms with Crippen LogP contribution in [0.2, 0.25) is 0 Å². The Morgan fingerprint density at radius 3 is 1.83 bits per heavy atom. The largest absolute Gasteiger partial charge is 0.304 e. The third-order valence-electron chi connectivity index (χ3n) is 5.19. The first-order chi connectivity index (χ1) is 8.74. The Hall–Kier alpha value is -0.120. The van der Waals surface area contributed by atoms with Crippen molar-refractivity contribution in [1.82, 2.24) is 14.7 Å². The number of piperazine rings is 1. The molecule has 0 bridgehead atoms. The molecule has 2 rings (SSSR count). The molecule has 0 aromatic heterocycles. The first-order valence-electron chi connectivity index (χ1n) is 7.93. The van der Waals surface area contributed by atoms with E-state index in [2.05, 4.69) is 35.5 Å². The average molecular weight is 253 g/mol. The second-order valence-electron chi connectivity index (χ2n) is 5.98. The number of hydrogen-bond donors (Lipinski definition) is 0. The van der Waals surface area contributed by atoms with Gasteiger partial charge in [-0.15, -0.1) is 0 Å². The quantitative estimate of drug-likeness (QED) is 0.756. The van der Waals surface area contributed by atoms with Crippen LogP contribution >= 0.6 is 0 Å². The van der Waals surface area contributed by atoms with E-state index in [9.17, 15) is 0 Å². The number of rotatable bonds is 4. The van der Waals surface area contributed by atoms with E-state index < -0.39 is 0 Å². The Labute approximate surface area is 113 Å². The Kier molecular flexibility index (Phi) is 5.46. The summed E-state index contributed by atoms with van der Waals surface area (Å²) in [5, 5.41) is 0. The van der Waals surface area contributed by atoms with Crippen molar-refractivity contribution < 1.29 is 0 Å². The van der Waals surface area contributed by atoms with Gasteiger partial charge in [0.2, 0.25) is 0 Å². The van der Waals surface area contributed by atoms with Crippen molar-refractivity contribution in [2.75, 3.05) is 52.4 Å². The Morgan fingerprint density at radius 2 is 1.33 bits per heavy atom. The van der Waals surface area contributed by atoms with E-state index in [1.165, 1.54) is 65.2 Å². The topological polar surface area (TPSA) is 9.72 Å². The minimum Gasteiger partial charge on any atom is -0.304 e. The monoisotopic (exact) mass is 253 g/mol. The molecule has 0 N–H and O–H groups in total. The summed E-state index contributed by atoms with van der Waals surface area (Å²) >= 11 is 0. The van der Waals surface area contributed by atoms with E-state index >= 15 is 0 Å². The molecule has 0 amide bonds. The molecule has 0 aromatic carbocycles. The summed E-state index contributed by atoms with van der Waals surface area (Å²) in [6.45, 7) is 17.2. The highest BCUT2D eigenvalue weighted by Gasteiger charge is 2.28. The van der Waals surface area contributed by atoms with Crippen LogP contribution in [0.3, 0.4) is 0 Å². The average Bonchev–Trinajstić information content (AvgIpc) is 2.47. The van der Waals surface area contributed by atoms with Crippen molar-refractivity contribution in [1.29, 1.82) is 0 Å². The van der Waals surface area contributed by atoms with Crippen molar-refractivity contribution >= 4 is 0 Å². The third-order valence-corrected chi connectivity index (χ3v) is 5.19. The molecule has 0 radical (unpaired) electrons. The highest BCUT2D eigenvalue weighted by atomic mass is 15.3. The summed E-state index contributed by atoms with van der Waals surface area (Å²) < 4.78 is 0. The van der Waals surface area contributed by atoms with Gasteiger partial charge in [0.1, 0.15) is 0 Å². The fourth-order valence-corrected chi connectivity index (χ4v) is 3.54. The van der Waals surface area contributed by atoms with Crippen LogP contribution < -0.4 is 0 Å². The first-order valence-corrected chi connectivity index (χ1v) is 7.93. The van der Waals surface area contributed by atoms with E-state index in [1.807, 2.05) is 0 Å². The van der Waals surface area contributed by atoms with Gasteiger partial charge in [-0.05, 0) is 51.9 Å². The Morgan fingerprint density at radius 1 is 0.833 bits per heavy atom. The summed E-state index contributed by atoms with van der Waals surface area (Å²) in [7, 11) is 0. The van der Waals surface area contributed by atoms with Gasteiger partial charge in [0, 0.05) is 32.2 Å². The first kappa shape index (κ1) is 14.3. The lowest BCUT2D eigenvalue weighted by Crippen LogP contribution is -2.52. The van der Waals surface area contributed by atoms with Crippen molar-refractivity contribution in [2.24, 2.45) is 5.92 Å². The van der Waals surface area contributed by atoms with Crippen LogP contribution in [0.5, 0.6) is 0 Å². The van der Waals surface area contributed by atoms with Crippen LogP contribution in [-0.4, -0.2) is 73.1 Å². The van der Waals surface area contributed by atoms with Crippen LogP contribution in [0.15, 0.2) is 0 Å². The van der Waals surface area contributed by atoms with E-state index in [1.54, 1.807) is 0 Å². The Bertz CT molecular complexity index is 204. The summed E-state index contributed by atoms with van der Waals surface area (Å²) in [5.41, 5.74) is 0. The standard InChI is InChI=1S/C15H31N3/c1-4-16-8-6-15(7-9-16)14(3)18-12-10-17(5-2)11-13-18/h14-15H,4-13H2,1-3H3. The lowest BCUT2D eigenvalue weighted by molar-refractivity contribution is 0.0563. The lowest BCUT2D eigenvalue weighted by Gasteiger charge is -2.43. The maximum atomic E-state index is 2.73. The molecule has 1 unspecified atom stereocenters. The van der Waals surface area contributed by atoms with Crippen LogP contribution in [0.25, 0.3) is 0 Å². The highest BCUT2D eigenvalue weighted by Crippen LogP contribution is 2.24. The van der Waals surface area contributed by atoms with Gasteiger partial charge in [-0.1, -0.05) is 13.8 Å². The molecular weight excluding hydrogens is 222 g/mol. The number of hydrogen-bond acceptors (Lipinski definition) is 3. The summed E-state index contributed by atoms with van der Waals surface area (Å²) in [4.78, 5) is 7.90. The van der Waals surface area contributed by atoms with Crippen LogP contribution in [0.1, 0.15) is 33.6 Å². The lowest BCUT2D eigenvalue weighted by atomic mass is 9.89. The molecule has 3 nitrogen and oxygen atoms in total. The predicted molar refractivity (Wildman–Crippen MR) is 78.0 cm³/mol. The number of likely N-dealkylation sites (tertiary alicyclic amines) is 1. The zero-order valence-corrected chi connectivity index (χ0v) is 12.6. The molecule has 2 aliphatic heterocycles. The Balaban J connectivity index is 1.76. The normalized spacial score (nSPS) is 27.5. The van der Waals surface area contributed by atoms with Gasteiger partial charge < -0.3 is 9.80 Å². The molecule has 18 heavy (non-hydrogen) atoms. The molecular formula is C15H31N3. The fourth-order valence-electron chi connectivity index (χ4n) is 3.54. The zero-order chi connectivity index (χ0) is 13.0. The van der Waals surface area contributed by atoms with Crippen molar-refractivity contribution in [3.63, 3.8) is 0 Å². The van der Waals surface area contributed by atoms with Gasteiger partial charge >= 0.3 is 0 Å². The fraction of sp³-hybridized carbons (Fsp3) is 1.00. The molecule has 3 heteroatoms. The molecule has 2 heterocycles. The number of likely N-dealkylation sites (N-methyl/N-ethyl adjacent to an activating group) is 1. The van der Waals surface area contributed by atoms with E-state index in [4.69, 9.17) is 0 Å². The minimum absolute atomic E-state index is 0.794. The smallest absolute Gasteiger partial charge is 0.0113 e. The van der Waals surface area contributed by atoms with Crippen molar-refractivity contribution in [3.05, 3.63) is 0 Å². The number of nitrogens with zero attached hydrogens (tertiary/aromatic N) is 3. The highest BCUT2D eigenvalue weighted by molar-refractivity contribution is 4.83. The zero-order valence-electron chi connectivity index (χ0n) is 12.6. The maximum absolute atomic E-state index is 2.73. The van der Waals surface area contributed by atoms with Crippen LogP contribution in [0, 0.1) is 5.92 Å². The molecule has 2 saturated heterocycles. The van der Waals surface area contributed by atoms with Gasteiger partial charge in [0.15, 0.2) is 0 Å². The van der Waals surface area contributed by atoms with Crippen LogP contribution in [-0.2, 0) is 0 Å². The van der Waals surface area contributed by atoms with E-state index in [0.29, 0.717) is 0 Å². The minimum atomic E-state index is 0.794. The summed E-state index contributed by atoms with van der Waals surface area (Å²) in [6.07, 6.45) is 2.81. The maximum Gasteiger partial charge on any atom is 0.0113 e. The van der Waals surface area contributed by atoms with Gasteiger partial charge in [0.05, 0.1) is 0 Å². The van der Waals surface area contributed by atoms with Gasteiger partial charge in [-0.25, -0.2) is 0 Å². The molecule has 2 aliphatic rings. The van der Waals surface area contributed by atoms with Gasteiger partial charge in [-0.3, -0.25) is 4.90 Å². The van der Waals surface area contributed by atoms with Crippen molar-refractivity contribution in [2.45, 2.75) is 39.7 Å². The van der Waals surface area contributed by atoms with Gasteiger partial charge in [0.25, 0.3) is 0 Å². The van der Waals surface area contributed by atoms with Crippen LogP contribution in [0.4, 0.5) is 0 Å². The molecule has 106 valence electrons. The number of piperidine rings is 1. The molecule has 0 spiro atoms. The second-order valence-corrected chi connectivity index (χ2v) is 5.98. The molecule has 0 aromatic rings. The third kappa shape index (κ3) is 3.46. The molecule has 0 aliphatic carbocycles. The van der Waals surface area contributed by atoms with Gasteiger partial charge in [-0.2, -0.15) is 0 Å². The van der Waals surface area contributed by atoms with Crippen molar-refractivity contribution in [3.8, 4) is 0 Å².